The molecular formula is C8H10BrN3O. The van der Waals surface area contributed by atoms with Gasteiger partial charge in [0.05, 0.1) is 11.8 Å². The summed E-state index contributed by atoms with van der Waals surface area (Å²) in [6.07, 6.45) is 1.50. The lowest BCUT2D eigenvalue weighted by molar-refractivity contribution is 0.0957. The number of aromatic nitrogens is 2. The Morgan fingerprint density at radius 3 is 3.00 bits per heavy atom. The van der Waals surface area contributed by atoms with Crippen molar-refractivity contribution in [1.29, 1.82) is 0 Å². The number of nitrogens with zero attached hydrogens (tertiary/aromatic N) is 1. The highest BCUT2D eigenvalue weighted by atomic mass is 79.9. The van der Waals surface area contributed by atoms with Gasteiger partial charge < -0.3 is 5.32 Å². The van der Waals surface area contributed by atoms with Crippen LogP contribution in [0.1, 0.15) is 16.1 Å². The third-order valence-corrected chi connectivity index (χ3v) is 1.80. The number of rotatable bonds is 3. The number of aryl methyl sites for hydroxylation is 1. The summed E-state index contributed by atoms with van der Waals surface area (Å²) in [5.41, 5.74) is 1.33. The molecule has 4 nitrogen and oxygen atoms in total. The van der Waals surface area contributed by atoms with Gasteiger partial charge in [-0.25, -0.2) is 0 Å². The topological polar surface area (TPSA) is 57.8 Å². The van der Waals surface area contributed by atoms with Crippen molar-refractivity contribution in [3.63, 3.8) is 0 Å². The summed E-state index contributed by atoms with van der Waals surface area (Å²) in [6, 6.07) is 0. The van der Waals surface area contributed by atoms with E-state index < -0.39 is 0 Å². The van der Waals surface area contributed by atoms with Gasteiger partial charge in [-0.2, -0.15) is 5.10 Å². The van der Waals surface area contributed by atoms with Crippen molar-refractivity contribution in [2.24, 2.45) is 0 Å². The van der Waals surface area contributed by atoms with Crippen LogP contribution in [0.5, 0.6) is 0 Å². The third kappa shape index (κ3) is 2.69. The van der Waals surface area contributed by atoms with Gasteiger partial charge >= 0.3 is 0 Å². The summed E-state index contributed by atoms with van der Waals surface area (Å²) in [7, 11) is 0. The zero-order chi connectivity index (χ0) is 9.84. The summed E-state index contributed by atoms with van der Waals surface area (Å²) in [4.78, 5) is 11.4. The highest BCUT2D eigenvalue weighted by Crippen LogP contribution is 2.03. The van der Waals surface area contributed by atoms with Crippen LogP contribution >= 0.6 is 15.9 Å². The predicted octanol–water partition coefficient (Wildman–Crippen LogP) is 1.36. The molecule has 0 fully saturated rings. The Hall–Kier alpha value is -1.10. The smallest absolute Gasteiger partial charge is 0.255 e. The average Bonchev–Trinajstić information content (AvgIpc) is 2.47. The van der Waals surface area contributed by atoms with E-state index in [-0.39, 0.29) is 5.91 Å². The monoisotopic (exact) mass is 243 g/mol. The molecule has 0 bridgehead atoms. The van der Waals surface area contributed by atoms with Gasteiger partial charge in [0.15, 0.2) is 0 Å². The van der Waals surface area contributed by atoms with Crippen molar-refractivity contribution in [2.75, 3.05) is 6.54 Å². The van der Waals surface area contributed by atoms with Crippen LogP contribution in [-0.2, 0) is 0 Å². The third-order valence-electron chi connectivity index (χ3n) is 1.52. The Bertz CT molecular complexity index is 332. The molecule has 13 heavy (non-hydrogen) atoms. The molecule has 0 saturated carbocycles. The van der Waals surface area contributed by atoms with E-state index in [9.17, 15) is 4.79 Å². The first-order valence-electron chi connectivity index (χ1n) is 3.72. The minimum atomic E-state index is -0.146. The molecule has 0 spiro atoms. The number of H-pyrrole nitrogens is 1. The maximum atomic E-state index is 11.4. The van der Waals surface area contributed by atoms with E-state index in [0.29, 0.717) is 12.1 Å². The van der Waals surface area contributed by atoms with E-state index in [1.165, 1.54) is 6.20 Å². The number of hydrogen-bond donors (Lipinski definition) is 2. The highest BCUT2D eigenvalue weighted by Gasteiger charge is 2.09. The van der Waals surface area contributed by atoms with Gasteiger partial charge in [0.25, 0.3) is 5.91 Å². The fourth-order valence-corrected chi connectivity index (χ4v) is 0.991. The molecule has 5 heteroatoms. The Morgan fingerprint density at radius 2 is 2.54 bits per heavy atom. The van der Waals surface area contributed by atoms with Gasteiger partial charge in [0, 0.05) is 16.7 Å². The summed E-state index contributed by atoms with van der Waals surface area (Å²) < 4.78 is 0.738. The minimum Gasteiger partial charge on any atom is -0.347 e. The van der Waals surface area contributed by atoms with Crippen LogP contribution in [-0.4, -0.2) is 22.6 Å². The van der Waals surface area contributed by atoms with E-state index in [0.717, 1.165) is 10.2 Å². The lowest BCUT2D eigenvalue weighted by atomic mass is 10.2. The standard InChI is InChI=1S/C8H10BrN3O/c1-5(9)3-10-8(13)7-4-11-12-6(7)2/h4H,1,3H2,2H3,(H,10,13)(H,11,12). The van der Waals surface area contributed by atoms with E-state index in [1.54, 1.807) is 6.92 Å². The molecule has 1 heterocycles. The molecule has 0 radical (unpaired) electrons. The maximum absolute atomic E-state index is 11.4. The number of hydrogen-bond acceptors (Lipinski definition) is 2. The maximum Gasteiger partial charge on any atom is 0.255 e. The van der Waals surface area contributed by atoms with Gasteiger partial charge in [-0.15, -0.1) is 0 Å². The van der Waals surface area contributed by atoms with Crippen molar-refractivity contribution in [1.82, 2.24) is 15.5 Å². The second-order valence-electron chi connectivity index (χ2n) is 2.61. The van der Waals surface area contributed by atoms with Crippen molar-refractivity contribution >= 4 is 21.8 Å². The zero-order valence-corrected chi connectivity index (χ0v) is 8.81. The number of aromatic amines is 1. The Morgan fingerprint density at radius 1 is 1.85 bits per heavy atom. The van der Waals surface area contributed by atoms with Crippen LogP contribution in [0.3, 0.4) is 0 Å². The van der Waals surface area contributed by atoms with Crippen LogP contribution in [0.25, 0.3) is 0 Å². The van der Waals surface area contributed by atoms with Crippen LogP contribution in [0, 0.1) is 6.92 Å². The number of nitrogens with one attached hydrogen (secondary N) is 2. The SMILES string of the molecule is C=C(Br)CNC(=O)c1cn[nH]c1C. The number of amides is 1. The molecule has 0 atom stereocenters. The molecule has 1 rings (SSSR count). The molecule has 0 aromatic carbocycles. The molecule has 1 aromatic rings. The second-order valence-corrected chi connectivity index (χ2v) is 3.73. The summed E-state index contributed by atoms with van der Waals surface area (Å²) in [6.45, 7) is 5.83. The van der Waals surface area contributed by atoms with E-state index in [4.69, 9.17) is 0 Å². The molecule has 0 aliphatic rings. The fraction of sp³-hybridized carbons (Fsp3) is 0.250. The van der Waals surface area contributed by atoms with Gasteiger partial charge in [0.1, 0.15) is 0 Å². The van der Waals surface area contributed by atoms with Crippen LogP contribution in [0.15, 0.2) is 17.3 Å². The van der Waals surface area contributed by atoms with Crippen LogP contribution in [0.2, 0.25) is 0 Å². The van der Waals surface area contributed by atoms with E-state index in [1.807, 2.05) is 0 Å². The van der Waals surface area contributed by atoms with Gasteiger partial charge in [-0.05, 0) is 6.92 Å². The van der Waals surface area contributed by atoms with Gasteiger partial charge in [0.2, 0.25) is 0 Å². The molecule has 0 aliphatic heterocycles. The molecule has 0 unspecified atom stereocenters. The van der Waals surface area contributed by atoms with Crippen molar-refractivity contribution in [3.8, 4) is 0 Å². The molecule has 70 valence electrons. The highest BCUT2D eigenvalue weighted by molar-refractivity contribution is 9.11. The summed E-state index contributed by atoms with van der Waals surface area (Å²) in [5.74, 6) is -0.146. The molecule has 1 amide bonds. The first kappa shape index (κ1) is 9.98. The van der Waals surface area contributed by atoms with Crippen molar-refractivity contribution in [3.05, 3.63) is 28.5 Å². The number of carbonyl (C=O) groups is 1. The average molecular weight is 244 g/mol. The van der Waals surface area contributed by atoms with Crippen LogP contribution < -0.4 is 5.32 Å². The minimum absolute atomic E-state index is 0.146. The quantitative estimate of drug-likeness (QED) is 0.843. The lowest BCUT2D eigenvalue weighted by Crippen LogP contribution is -2.24. The molecule has 0 saturated heterocycles. The Balaban J connectivity index is 2.59. The van der Waals surface area contributed by atoms with Gasteiger partial charge in [-0.3, -0.25) is 9.89 Å². The van der Waals surface area contributed by atoms with E-state index >= 15 is 0 Å². The normalized spacial score (nSPS) is 9.69. The zero-order valence-electron chi connectivity index (χ0n) is 7.22. The summed E-state index contributed by atoms with van der Waals surface area (Å²) >= 11 is 3.15. The molecule has 2 N–H and O–H groups in total. The van der Waals surface area contributed by atoms with Crippen LogP contribution in [0.4, 0.5) is 0 Å². The second kappa shape index (κ2) is 4.23. The molecule has 0 aliphatic carbocycles. The first-order chi connectivity index (χ1) is 6.11. The van der Waals surface area contributed by atoms with Crippen molar-refractivity contribution < 1.29 is 4.79 Å². The number of halogens is 1. The molecular weight excluding hydrogens is 234 g/mol. The first-order valence-corrected chi connectivity index (χ1v) is 4.52. The van der Waals surface area contributed by atoms with Gasteiger partial charge in [-0.1, -0.05) is 22.5 Å². The molecule has 1 aromatic heterocycles. The Labute approximate surface area is 84.5 Å². The summed E-state index contributed by atoms with van der Waals surface area (Å²) in [5, 5.41) is 9.12. The Kier molecular flexibility index (Phi) is 3.25. The van der Waals surface area contributed by atoms with E-state index in [2.05, 4.69) is 38.0 Å². The fourth-order valence-electron chi connectivity index (χ4n) is 0.851. The lowest BCUT2D eigenvalue weighted by Gasteiger charge is -2.01. The van der Waals surface area contributed by atoms with Crippen molar-refractivity contribution in [2.45, 2.75) is 6.92 Å². The number of carbonyl (C=O) groups excluding carboxylic acids is 1. The predicted molar refractivity (Wildman–Crippen MR) is 53.7 cm³/mol. The largest absolute Gasteiger partial charge is 0.347 e.